The van der Waals surface area contributed by atoms with Gasteiger partial charge in [-0.15, -0.1) is 0 Å². The molecule has 0 bridgehead atoms. The normalized spacial score (nSPS) is 26.3. The van der Waals surface area contributed by atoms with Crippen LogP contribution in [0.3, 0.4) is 0 Å². The van der Waals surface area contributed by atoms with Gasteiger partial charge in [-0.05, 0) is 30.7 Å². The van der Waals surface area contributed by atoms with E-state index in [1.54, 1.807) is 0 Å². The van der Waals surface area contributed by atoms with Crippen LogP contribution in [0.4, 0.5) is 0 Å². The molecule has 2 nitrogen and oxygen atoms in total. The Labute approximate surface area is 60.0 Å². The SMILES string of the molecule is CC1CCCC(=O)N1.[SiH4]. The van der Waals surface area contributed by atoms with Gasteiger partial charge < -0.3 is 5.32 Å². The topological polar surface area (TPSA) is 29.1 Å². The highest BCUT2D eigenvalue weighted by molar-refractivity contribution is 5.76. The highest BCUT2D eigenvalue weighted by Crippen LogP contribution is 2.05. The van der Waals surface area contributed by atoms with E-state index in [0.717, 1.165) is 19.3 Å². The van der Waals surface area contributed by atoms with Crippen LogP contribution in [0, 0.1) is 0 Å². The van der Waals surface area contributed by atoms with Gasteiger partial charge >= 0.3 is 0 Å². The van der Waals surface area contributed by atoms with E-state index >= 15 is 0 Å². The second-order valence-corrected chi connectivity index (χ2v) is 2.36. The quantitative estimate of drug-likeness (QED) is 0.445. The van der Waals surface area contributed by atoms with Crippen LogP contribution in [0.15, 0.2) is 0 Å². The molecule has 1 aliphatic rings. The van der Waals surface area contributed by atoms with E-state index in [1.807, 2.05) is 6.92 Å². The number of rotatable bonds is 0. The van der Waals surface area contributed by atoms with Crippen LogP contribution in [0.1, 0.15) is 26.2 Å². The zero-order chi connectivity index (χ0) is 5.98. The van der Waals surface area contributed by atoms with Crippen LogP contribution in [0.5, 0.6) is 0 Å². The standard InChI is InChI=1S/C6H11NO.H4Si/c1-5-3-2-4-6(8)7-5;/h5H,2-4H2,1H3,(H,7,8);1H4. The van der Waals surface area contributed by atoms with Gasteiger partial charge in [0.2, 0.25) is 5.91 Å². The van der Waals surface area contributed by atoms with Crippen molar-refractivity contribution in [2.45, 2.75) is 32.2 Å². The van der Waals surface area contributed by atoms with E-state index in [0.29, 0.717) is 6.04 Å². The van der Waals surface area contributed by atoms with Crippen molar-refractivity contribution in [3.8, 4) is 0 Å². The molecule has 0 aromatic heterocycles. The van der Waals surface area contributed by atoms with E-state index in [4.69, 9.17) is 0 Å². The molecule has 1 aliphatic heterocycles. The minimum Gasteiger partial charge on any atom is -0.354 e. The predicted octanol–water partition coefficient (Wildman–Crippen LogP) is -0.777. The lowest BCUT2D eigenvalue weighted by molar-refractivity contribution is -0.123. The van der Waals surface area contributed by atoms with Gasteiger partial charge in [-0.25, -0.2) is 0 Å². The number of amides is 1. The Balaban J connectivity index is 0.000000640. The predicted molar refractivity (Wildman–Crippen MR) is 42.8 cm³/mol. The monoisotopic (exact) mass is 145 g/mol. The fraction of sp³-hybridized carbons (Fsp3) is 0.833. The molecule has 1 amide bonds. The number of hydrogen-bond acceptors (Lipinski definition) is 1. The second-order valence-electron chi connectivity index (χ2n) is 2.36. The van der Waals surface area contributed by atoms with Crippen molar-refractivity contribution < 1.29 is 4.79 Å². The molecule has 1 rings (SSSR count). The molecule has 54 valence electrons. The Bertz CT molecular complexity index is 105. The molecule has 0 spiro atoms. The van der Waals surface area contributed by atoms with Crippen molar-refractivity contribution in [2.75, 3.05) is 0 Å². The summed E-state index contributed by atoms with van der Waals surface area (Å²) in [4.78, 5) is 10.6. The lowest BCUT2D eigenvalue weighted by Gasteiger charge is -2.18. The zero-order valence-corrected chi connectivity index (χ0v) is 5.11. The van der Waals surface area contributed by atoms with Crippen molar-refractivity contribution >= 4 is 16.9 Å². The number of nitrogens with one attached hydrogen (secondary N) is 1. The average Bonchev–Trinajstić information content (AvgIpc) is 1.64. The first-order valence-corrected chi connectivity index (χ1v) is 3.08. The zero-order valence-electron chi connectivity index (χ0n) is 5.11. The van der Waals surface area contributed by atoms with Crippen LogP contribution < -0.4 is 5.32 Å². The lowest BCUT2D eigenvalue weighted by Crippen LogP contribution is -2.36. The van der Waals surface area contributed by atoms with Gasteiger partial charge in [0, 0.05) is 12.5 Å². The molecule has 0 radical (unpaired) electrons. The maximum Gasteiger partial charge on any atom is 0.220 e. The Kier molecular flexibility index (Phi) is 3.54. The van der Waals surface area contributed by atoms with Crippen molar-refractivity contribution in [1.29, 1.82) is 0 Å². The molecule has 1 unspecified atom stereocenters. The van der Waals surface area contributed by atoms with Crippen molar-refractivity contribution in [3.63, 3.8) is 0 Å². The van der Waals surface area contributed by atoms with Crippen LogP contribution in [-0.2, 0) is 4.79 Å². The largest absolute Gasteiger partial charge is 0.354 e. The fourth-order valence-corrected chi connectivity index (χ4v) is 0.988. The highest BCUT2D eigenvalue weighted by Gasteiger charge is 2.12. The van der Waals surface area contributed by atoms with Gasteiger partial charge in [-0.3, -0.25) is 4.79 Å². The summed E-state index contributed by atoms with van der Waals surface area (Å²) in [6.07, 6.45) is 2.93. The highest BCUT2D eigenvalue weighted by atomic mass is 28.1. The lowest BCUT2D eigenvalue weighted by atomic mass is 10.1. The summed E-state index contributed by atoms with van der Waals surface area (Å²) in [6, 6.07) is 0.413. The van der Waals surface area contributed by atoms with E-state index in [2.05, 4.69) is 5.32 Å². The Hall–Kier alpha value is -0.313. The van der Waals surface area contributed by atoms with E-state index in [-0.39, 0.29) is 16.9 Å². The van der Waals surface area contributed by atoms with Crippen LogP contribution >= 0.6 is 0 Å². The second kappa shape index (κ2) is 3.66. The molecule has 9 heavy (non-hydrogen) atoms. The molecule has 0 aromatic carbocycles. The first kappa shape index (κ1) is 8.69. The van der Waals surface area contributed by atoms with Gasteiger partial charge in [0.25, 0.3) is 0 Å². The van der Waals surface area contributed by atoms with Gasteiger partial charge in [0.15, 0.2) is 0 Å². The minimum atomic E-state index is 0. The molecule has 0 aromatic rings. The molecule has 0 aliphatic carbocycles. The molecule has 1 atom stereocenters. The summed E-state index contributed by atoms with van der Waals surface area (Å²) < 4.78 is 0. The van der Waals surface area contributed by atoms with Gasteiger partial charge in [-0.2, -0.15) is 0 Å². The summed E-state index contributed by atoms with van der Waals surface area (Å²) in [5.41, 5.74) is 0. The maximum absolute atomic E-state index is 10.6. The van der Waals surface area contributed by atoms with Gasteiger partial charge in [-0.1, -0.05) is 0 Å². The first-order valence-electron chi connectivity index (χ1n) is 3.08. The number of carbonyl (C=O) groups excluding carboxylic acids is 1. The summed E-state index contributed by atoms with van der Waals surface area (Å²) in [7, 11) is 0. The van der Waals surface area contributed by atoms with Crippen LogP contribution in [-0.4, -0.2) is 22.9 Å². The third-order valence-corrected chi connectivity index (χ3v) is 1.45. The van der Waals surface area contributed by atoms with E-state index in [1.165, 1.54) is 0 Å². The van der Waals surface area contributed by atoms with Crippen LogP contribution in [0.2, 0.25) is 0 Å². The molecule has 0 saturated carbocycles. The van der Waals surface area contributed by atoms with Crippen LogP contribution in [0.25, 0.3) is 0 Å². The molecule has 1 saturated heterocycles. The molecule has 3 heteroatoms. The third kappa shape index (κ3) is 2.65. The number of carbonyl (C=O) groups is 1. The Morgan fingerprint density at radius 3 is 2.67 bits per heavy atom. The molecular weight excluding hydrogens is 130 g/mol. The Morgan fingerprint density at radius 2 is 2.33 bits per heavy atom. The molecular formula is C6H15NOSi. The Morgan fingerprint density at radius 1 is 1.67 bits per heavy atom. The first-order chi connectivity index (χ1) is 3.79. The smallest absolute Gasteiger partial charge is 0.220 e. The minimum absolute atomic E-state index is 0. The number of hydrogen-bond donors (Lipinski definition) is 1. The summed E-state index contributed by atoms with van der Waals surface area (Å²) in [6.45, 7) is 2.04. The number of piperidine rings is 1. The molecule has 1 fully saturated rings. The maximum atomic E-state index is 10.6. The summed E-state index contributed by atoms with van der Waals surface area (Å²) in [5.74, 6) is 0.212. The van der Waals surface area contributed by atoms with E-state index in [9.17, 15) is 4.79 Å². The van der Waals surface area contributed by atoms with Crippen molar-refractivity contribution in [1.82, 2.24) is 5.32 Å². The summed E-state index contributed by atoms with van der Waals surface area (Å²) in [5, 5.41) is 2.84. The van der Waals surface area contributed by atoms with Crippen molar-refractivity contribution in [3.05, 3.63) is 0 Å². The van der Waals surface area contributed by atoms with Gasteiger partial charge in [0.05, 0.1) is 0 Å². The van der Waals surface area contributed by atoms with Crippen molar-refractivity contribution in [2.24, 2.45) is 0 Å². The van der Waals surface area contributed by atoms with Gasteiger partial charge in [0.1, 0.15) is 0 Å². The van der Waals surface area contributed by atoms with E-state index < -0.39 is 0 Å². The third-order valence-electron chi connectivity index (χ3n) is 1.45. The average molecular weight is 145 g/mol. The molecule has 1 heterocycles. The molecule has 1 N–H and O–H groups in total. The summed E-state index contributed by atoms with van der Waals surface area (Å²) >= 11 is 0. The fourth-order valence-electron chi connectivity index (χ4n) is 0.988.